The van der Waals surface area contributed by atoms with Crippen molar-refractivity contribution in [1.29, 1.82) is 0 Å². The zero-order chi connectivity index (χ0) is 20.3. The molecule has 1 atom stereocenters. The lowest BCUT2D eigenvalue weighted by atomic mass is 9.90. The van der Waals surface area contributed by atoms with Gasteiger partial charge in [-0.1, -0.05) is 49.9 Å². The Bertz CT molecular complexity index is 815. The lowest BCUT2D eigenvalue weighted by molar-refractivity contribution is 0.260. The third-order valence-corrected chi connectivity index (χ3v) is 7.51. The van der Waals surface area contributed by atoms with Gasteiger partial charge in [0.25, 0.3) is 0 Å². The predicted octanol–water partition coefficient (Wildman–Crippen LogP) is 7.65. The van der Waals surface area contributed by atoms with E-state index in [4.69, 9.17) is 0 Å². The van der Waals surface area contributed by atoms with Crippen molar-refractivity contribution < 1.29 is 0 Å². The van der Waals surface area contributed by atoms with E-state index in [1.807, 2.05) is 0 Å². The monoisotopic (exact) mass is 391 g/mol. The van der Waals surface area contributed by atoms with Gasteiger partial charge in [0.2, 0.25) is 0 Å². The van der Waals surface area contributed by atoms with E-state index in [1.54, 1.807) is 0 Å². The lowest BCUT2D eigenvalue weighted by Crippen LogP contribution is -2.51. The Kier molecular flexibility index (Phi) is 6.29. The fraction of sp³-hybridized carbons (Fsp3) is 0.556. The average Bonchev–Trinajstić information content (AvgIpc) is 2.75. The van der Waals surface area contributed by atoms with Crippen LogP contribution in [0.3, 0.4) is 0 Å². The summed E-state index contributed by atoms with van der Waals surface area (Å²) in [6.07, 6.45) is 13.5. The predicted molar refractivity (Wildman–Crippen MR) is 127 cm³/mol. The summed E-state index contributed by atoms with van der Waals surface area (Å²) in [6, 6.07) is 17.4. The normalized spacial score (nSPS) is 20.9. The minimum atomic E-state index is 0.626. The van der Waals surface area contributed by atoms with Crippen LogP contribution in [0.25, 0.3) is 0 Å². The van der Waals surface area contributed by atoms with Gasteiger partial charge >= 0.3 is 0 Å². The second-order valence-corrected chi connectivity index (χ2v) is 9.66. The molecule has 2 aromatic carbocycles. The highest BCUT2D eigenvalue weighted by Gasteiger charge is 2.41. The van der Waals surface area contributed by atoms with Crippen LogP contribution in [-0.2, 0) is 0 Å². The minimum Gasteiger partial charge on any atom is -0.377 e. The van der Waals surface area contributed by atoms with Gasteiger partial charge in [-0.15, -0.1) is 0 Å². The fourth-order valence-corrected chi connectivity index (χ4v) is 5.90. The lowest BCUT2D eigenvalue weighted by Gasteiger charge is -2.44. The van der Waals surface area contributed by atoms with Crippen LogP contribution in [0.5, 0.6) is 0 Å². The van der Waals surface area contributed by atoms with Crippen LogP contribution in [0.1, 0.15) is 75.3 Å². The van der Waals surface area contributed by atoms with Crippen molar-refractivity contribution in [3.8, 4) is 0 Å². The quantitative estimate of drug-likeness (QED) is 0.516. The largest absolute Gasteiger partial charge is 0.377 e. The zero-order valence-electron chi connectivity index (χ0n) is 18.7. The van der Waals surface area contributed by atoms with Crippen molar-refractivity contribution in [2.24, 2.45) is 0 Å². The molecule has 0 aliphatic heterocycles. The Labute approximate surface area is 177 Å². The summed E-state index contributed by atoms with van der Waals surface area (Å²) in [7, 11) is 2.49. The fourth-order valence-electron chi connectivity index (χ4n) is 5.90. The van der Waals surface area contributed by atoms with Crippen LogP contribution >= 0.6 is 0 Å². The molecule has 4 rings (SSSR count). The number of quaternary nitrogens is 1. The summed E-state index contributed by atoms with van der Waals surface area (Å²) in [4.78, 5) is 0. The number of benzene rings is 2. The highest BCUT2D eigenvalue weighted by molar-refractivity contribution is 5.77. The van der Waals surface area contributed by atoms with E-state index in [2.05, 4.69) is 68.7 Å². The van der Waals surface area contributed by atoms with Gasteiger partial charge < -0.3 is 5.32 Å². The van der Waals surface area contributed by atoms with Gasteiger partial charge in [0.05, 0.1) is 18.8 Å². The third-order valence-electron chi connectivity index (χ3n) is 7.51. The molecule has 2 aliphatic carbocycles. The first kappa shape index (κ1) is 20.5. The maximum Gasteiger partial charge on any atom is 0.164 e. The van der Waals surface area contributed by atoms with Crippen molar-refractivity contribution in [3.05, 3.63) is 53.6 Å². The standard InChI is InChI=1S/C27H39N2/c1-21-12-10-18-25(20-21)29(3,24-16-8-5-9-17-24)27-22(2)13-11-19-26(27)28-23-14-6-4-7-15-23/h10-13,18-20,23-24,28H,4-9,14-17H2,1-3H3/q+1. The summed E-state index contributed by atoms with van der Waals surface area (Å²) in [5.41, 5.74) is 7.08. The van der Waals surface area contributed by atoms with Gasteiger partial charge in [-0.3, -0.25) is 4.48 Å². The molecule has 0 radical (unpaired) electrons. The molecule has 1 unspecified atom stereocenters. The Hall–Kier alpha value is -1.80. The number of hydrogen-bond donors (Lipinski definition) is 1. The molecule has 29 heavy (non-hydrogen) atoms. The maximum atomic E-state index is 4.00. The number of aryl methyl sites for hydroxylation is 2. The van der Waals surface area contributed by atoms with Gasteiger partial charge in [-0.05, 0) is 57.2 Å². The molecule has 0 saturated heterocycles. The van der Waals surface area contributed by atoms with E-state index in [0.717, 1.165) is 4.48 Å². The third kappa shape index (κ3) is 4.23. The topological polar surface area (TPSA) is 12.0 Å². The number of hydrogen-bond acceptors (Lipinski definition) is 1. The molecular formula is C27H39N2+. The highest BCUT2D eigenvalue weighted by atomic mass is 15.4. The molecule has 2 fully saturated rings. The first-order valence-corrected chi connectivity index (χ1v) is 11.9. The molecule has 0 amide bonds. The van der Waals surface area contributed by atoms with Crippen LogP contribution < -0.4 is 9.80 Å². The minimum absolute atomic E-state index is 0.626. The number of para-hydroxylation sites is 1. The Morgan fingerprint density at radius 1 is 0.793 bits per heavy atom. The first-order chi connectivity index (χ1) is 14.1. The maximum absolute atomic E-state index is 4.00. The molecule has 0 bridgehead atoms. The van der Waals surface area contributed by atoms with Crippen molar-refractivity contribution in [2.75, 3.05) is 12.4 Å². The van der Waals surface area contributed by atoms with Crippen LogP contribution in [0, 0.1) is 13.8 Å². The molecule has 0 heterocycles. The van der Waals surface area contributed by atoms with E-state index in [-0.39, 0.29) is 0 Å². The van der Waals surface area contributed by atoms with Crippen molar-refractivity contribution in [3.63, 3.8) is 0 Å². The number of anilines is 1. The van der Waals surface area contributed by atoms with Gasteiger partial charge in [-0.2, -0.15) is 0 Å². The Morgan fingerprint density at radius 2 is 1.45 bits per heavy atom. The van der Waals surface area contributed by atoms with Gasteiger partial charge in [0.15, 0.2) is 5.69 Å². The van der Waals surface area contributed by atoms with Crippen LogP contribution in [0.15, 0.2) is 42.5 Å². The van der Waals surface area contributed by atoms with E-state index < -0.39 is 0 Å². The zero-order valence-corrected chi connectivity index (χ0v) is 18.7. The van der Waals surface area contributed by atoms with Crippen molar-refractivity contribution in [2.45, 2.75) is 90.1 Å². The van der Waals surface area contributed by atoms with Crippen LogP contribution in [0.4, 0.5) is 17.1 Å². The number of nitrogens with zero attached hydrogens (tertiary/aromatic N) is 1. The SMILES string of the molecule is Cc1cccc([N+](C)(c2c(C)cccc2NC2CCCCC2)C2CCCCC2)c1. The molecule has 2 heteroatoms. The first-order valence-electron chi connectivity index (χ1n) is 11.9. The summed E-state index contributed by atoms with van der Waals surface area (Å²) >= 11 is 0. The molecule has 156 valence electrons. The number of rotatable bonds is 5. The number of nitrogens with one attached hydrogen (secondary N) is 1. The molecule has 0 aromatic heterocycles. The second kappa shape index (κ2) is 8.92. The smallest absolute Gasteiger partial charge is 0.164 e. The van der Waals surface area contributed by atoms with Crippen molar-refractivity contribution in [1.82, 2.24) is 4.48 Å². The van der Waals surface area contributed by atoms with Crippen LogP contribution in [0.2, 0.25) is 0 Å². The van der Waals surface area contributed by atoms with E-state index in [0.29, 0.717) is 12.1 Å². The molecule has 1 N–H and O–H groups in total. The van der Waals surface area contributed by atoms with Gasteiger partial charge in [0.1, 0.15) is 5.69 Å². The Morgan fingerprint density at radius 3 is 2.14 bits per heavy atom. The summed E-state index contributed by atoms with van der Waals surface area (Å²) in [5, 5.41) is 4.00. The van der Waals surface area contributed by atoms with Gasteiger partial charge in [0, 0.05) is 30.5 Å². The molecule has 2 nitrogen and oxygen atoms in total. The van der Waals surface area contributed by atoms with Crippen molar-refractivity contribution >= 4 is 17.1 Å². The van der Waals surface area contributed by atoms with E-state index in [9.17, 15) is 0 Å². The molecule has 0 spiro atoms. The Balaban J connectivity index is 1.82. The summed E-state index contributed by atoms with van der Waals surface area (Å²) < 4.78 is 0.934. The molecule has 2 aromatic rings. The average molecular weight is 392 g/mol. The molecule has 2 saturated carbocycles. The molecular weight excluding hydrogens is 352 g/mol. The highest BCUT2D eigenvalue weighted by Crippen LogP contribution is 2.46. The second-order valence-electron chi connectivity index (χ2n) is 9.66. The summed E-state index contributed by atoms with van der Waals surface area (Å²) in [5.74, 6) is 0. The summed E-state index contributed by atoms with van der Waals surface area (Å²) in [6.45, 7) is 4.55. The van der Waals surface area contributed by atoms with E-state index >= 15 is 0 Å². The van der Waals surface area contributed by atoms with E-state index in [1.165, 1.54) is 92.4 Å². The van der Waals surface area contributed by atoms with Crippen LogP contribution in [-0.4, -0.2) is 19.1 Å². The molecule has 2 aliphatic rings. The van der Waals surface area contributed by atoms with Gasteiger partial charge in [-0.25, -0.2) is 0 Å².